The molecule has 2 aromatic carbocycles. The molecule has 25 heavy (non-hydrogen) atoms. The summed E-state index contributed by atoms with van der Waals surface area (Å²) < 4.78 is 4.20. The smallest absolute Gasteiger partial charge is 0.245 e. The van der Waals surface area contributed by atoms with Crippen molar-refractivity contribution in [2.45, 2.75) is 18.9 Å². The highest BCUT2D eigenvalue weighted by molar-refractivity contribution is 7.98. The van der Waals surface area contributed by atoms with Gasteiger partial charge in [-0.3, -0.25) is 0 Å². The summed E-state index contributed by atoms with van der Waals surface area (Å²) in [7, 11) is 0. The molecule has 2 heterocycles. The van der Waals surface area contributed by atoms with Crippen LogP contribution >= 0.6 is 11.8 Å². The summed E-state index contributed by atoms with van der Waals surface area (Å²) in [6.45, 7) is 3.82. The van der Waals surface area contributed by atoms with Gasteiger partial charge in [0.2, 0.25) is 0 Å². The zero-order valence-corrected chi connectivity index (χ0v) is 15.0. The summed E-state index contributed by atoms with van der Waals surface area (Å²) in [6.07, 6.45) is 1.91. The van der Waals surface area contributed by atoms with Crippen molar-refractivity contribution in [3.63, 3.8) is 0 Å². The average Bonchev–Trinajstić information content (AvgIpc) is 2.77. The Hall–Kier alpha value is -2.73. The second-order valence-electron chi connectivity index (χ2n) is 5.99. The van der Waals surface area contributed by atoms with Crippen LogP contribution in [0.1, 0.15) is 11.1 Å². The zero-order chi connectivity index (χ0) is 17.7. The summed E-state index contributed by atoms with van der Waals surface area (Å²) in [4.78, 5) is 26.0. The first-order chi connectivity index (χ1) is 12.1. The molecule has 5 nitrogen and oxygen atoms in total. The Kier molecular flexibility index (Phi) is 3.58. The normalized spacial score (nSPS) is 11.5. The summed E-state index contributed by atoms with van der Waals surface area (Å²) in [5.41, 5.74) is 3.51. The van der Waals surface area contributed by atoms with Crippen LogP contribution in [0.3, 0.4) is 0 Å². The Morgan fingerprint density at radius 1 is 0.800 bits per heavy atom. The van der Waals surface area contributed by atoms with Crippen LogP contribution in [0.5, 0.6) is 0 Å². The predicted octanol–water partition coefficient (Wildman–Crippen LogP) is 2.99. The van der Waals surface area contributed by atoms with E-state index in [0.717, 1.165) is 27.4 Å². The third-order valence-corrected chi connectivity index (χ3v) is 5.21. The van der Waals surface area contributed by atoms with Gasteiger partial charge in [0.05, 0.1) is 5.69 Å². The van der Waals surface area contributed by atoms with Gasteiger partial charge in [0, 0.05) is 5.56 Å². The maximum atomic E-state index is 13.1. The lowest BCUT2D eigenvalue weighted by Crippen LogP contribution is -2.27. The Balaban J connectivity index is 2.10. The molecule has 2 aromatic heterocycles. The van der Waals surface area contributed by atoms with E-state index < -0.39 is 0 Å². The quantitative estimate of drug-likeness (QED) is 0.533. The first kappa shape index (κ1) is 15.8. The molecule has 0 saturated heterocycles. The number of fused-ring (bicyclic) bond motifs is 1. The van der Waals surface area contributed by atoms with E-state index >= 15 is 0 Å². The fraction of sp³-hybridized carbons (Fsp3) is 0.158. The van der Waals surface area contributed by atoms with Gasteiger partial charge >= 0.3 is 11.4 Å². The third-order valence-electron chi connectivity index (χ3n) is 4.46. The number of aromatic nitrogens is 3. The standard InChI is InChI=1S/C19H17N3O2S/c1-12-8-7-9-13(2)15(12)20-18(23)21-16(14-10-5-4-6-11-14)17(25-3)22(21)19(20)24/h4-11H,1-3H3. The molecular formula is C19H17N3O2S. The van der Waals surface area contributed by atoms with Gasteiger partial charge in [0.15, 0.2) is 0 Å². The van der Waals surface area contributed by atoms with Crippen LogP contribution in [0.4, 0.5) is 0 Å². The van der Waals surface area contributed by atoms with E-state index in [2.05, 4.69) is 0 Å². The van der Waals surface area contributed by atoms with Gasteiger partial charge in [-0.05, 0) is 31.2 Å². The van der Waals surface area contributed by atoms with Crippen LogP contribution in [-0.4, -0.2) is 19.9 Å². The van der Waals surface area contributed by atoms with Crippen molar-refractivity contribution in [3.05, 3.63) is 80.6 Å². The summed E-state index contributed by atoms with van der Waals surface area (Å²) in [6, 6.07) is 15.4. The molecule has 0 aliphatic carbocycles. The molecule has 0 spiro atoms. The summed E-state index contributed by atoms with van der Waals surface area (Å²) in [5, 5.41) is 0.790. The maximum absolute atomic E-state index is 13.1. The number of para-hydroxylation sites is 1. The minimum absolute atomic E-state index is 0.327. The van der Waals surface area contributed by atoms with Crippen LogP contribution in [0, 0.1) is 13.8 Å². The zero-order valence-electron chi connectivity index (χ0n) is 14.2. The van der Waals surface area contributed by atoms with Gasteiger partial charge in [-0.25, -0.2) is 14.2 Å². The highest BCUT2D eigenvalue weighted by atomic mass is 32.2. The second-order valence-corrected chi connectivity index (χ2v) is 6.78. The summed E-state index contributed by atoms with van der Waals surface area (Å²) >= 11 is 1.47. The Morgan fingerprint density at radius 2 is 1.40 bits per heavy atom. The molecule has 0 fully saturated rings. The van der Waals surface area contributed by atoms with Crippen LogP contribution in [0.25, 0.3) is 16.9 Å². The molecule has 4 aromatic rings. The largest absolute Gasteiger partial charge is 0.357 e. The van der Waals surface area contributed by atoms with Crippen molar-refractivity contribution in [1.82, 2.24) is 13.6 Å². The number of hydrogen-bond donors (Lipinski definition) is 0. The molecule has 0 aliphatic rings. The molecule has 0 amide bonds. The summed E-state index contributed by atoms with van der Waals surface area (Å²) in [5.74, 6) is 0. The molecule has 0 bridgehead atoms. The van der Waals surface area contributed by atoms with Gasteiger partial charge in [-0.15, -0.1) is 11.8 Å². The average molecular weight is 351 g/mol. The predicted molar refractivity (Wildman–Crippen MR) is 101 cm³/mol. The molecule has 126 valence electrons. The van der Waals surface area contributed by atoms with E-state index in [1.807, 2.05) is 68.6 Å². The monoisotopic (exact) mass is 351 g/mol. The molecule has 6 heteroatoms. The lowest BCUT2D eigenvalue weighted by molar-refractivity contribution is 0.644. The van der Waals surface area contributed by atoms with Crippen molar-refractivity contribution in [2.24, 2.45) is 0 Å². The van der Waals surface area contributed by atoms with E-state index in [0.29, 0.717) is 5.69 Å². The van der Waals surface area contributed by atoms with E-state index in [1.165, 1.54) is 25.4 Å². The fourth-order valence-electron chi connectivity index (χ4n) is 3.34. The lowest BCUT2D eigenvalue weighted by Gasteiger charge is -2.16. The van der Waals surface area contributed by atoms with Gasteiger partial charge in [-0.2, -0.15) is 9.03 Å². The maximum Gasteiger partial charge on any atom is 0.357 e. The van der Waals surface area contributed by atoms with Gasteiger partial charge in [-0.1, -0.05) is 48.5 Å². The molecular weight excluding hydrogens is 334 g/mol. The van der Waals surface area contributed by atoms with E-state index in [1.54, 1.807) is 0 Å². The van der Waals surface area contributed by atoms with Crippen molar-refractivity contribution >= 4 is 11.8 Å². The van der Waals surface area contributed by atoms with Crippen LogP contribution < -0.4 is 11.4 Å². The second kappa shape index (κ2) is 5.67. The molecule has 0 saturated carbocycles. The van der Waals surface area contributed by atoms with Gasteiger partial charge in [0.25, 0.3) is 0 Å². The van der Waals surface area contributed by atoms with E-state index in [9.17, 15) is 9.59 Å². The number of hydrogen-bond acceptors (Lipinski definition) is 3. The third kappa shape index (κ3) is 2.10. The molecule has 0 unspecified atom stereocenters. The Bertz CT molecular complexity index is 1170. The first-order valence-electron chi connectivity index (χ1n) is 7.94. The molecule has 0 atom stereocenters. The highest BCUT2D eigenvalue weighted by Crippen LogP contribution is 2.31. The van der Waals surface area contributed by atoms with Gasteiger partial charge < -0.3 is 0 Å². The lowest BCUT2D eigenvalue weighted by atomic mass is 10.1. The Morgan fingerprint density at radius 3 is 2.00 bits per heavy atom. The van der Waals surface area contributed by atoms with E-state index in [4.69, 9.17) is 0 Å². The molecule has 0 radical (unpaired) electrons. The van der Waals surface area contributed by atoms with Crippen LogP contribution in [-0.2, 0) is 0 Å². The highest BCUT2D eigenvalue weighted by Gasteiger charge is 2.27. The number of aryl methyl sites for hydroxylation is 2. The molecule has 0 aliphatic heterocycles. The first-order valence-corrected chi connectivity index (χ1v) is 9.17. The van der Waals surface area contributed by atoms with Crippen LogP contribution in [0.2, 0.25) is 0 Å². The minimum Gasteiger partial charge on any atom is -0.245 e. The van der Waals surface area contributed by atoms with Crippen LogP contribution in [0.15, 0.2) is 63.1 Å². The van der Waals surface area contributed by atoms with Gasteiger partial charge in [0.1, 0.15) is 10.7 Å². The van der Waals surface area contributed by atoms with E-state index in [-0.39, 0.29) is 11.4 Å². The number of benzene rings is 2. The number of nitrogens with zero attached hydrogens (tertiary/aromatic N) is 3. The van der Waals surface area contributed by atoms with Crippen molar-refractivity contribution in [1.29, 1.82) is 0 Å². The Labute approximate surface area is 148 Å². The number of thioether (sulfide) groups is 1. The molecule has 4 rings (SSSR count). The number of rotatable bonds is 3. The topological polar surface area (TPSA) is 47.9 Å². The van der Waals surface area contributed by atoms with Crippen molar-refractivity contribution < 1.29 is 0 Å². The van der Waals surface area contributed by atoms with Crippen molar-refractivity contribution in [3.8, 4) is 16.9 Å². The molecule has 0 N–H and O–H groups in total. The SMILES string of the molecule is CSc1c(-c2ccccc2)n2c(=O)n(-c3c(C)cccc3C)c(=O)n12. The van der Waals surface area contributed by atoms with Crippen molar-refractivity contribution in [2.75, 3.05) is 6.26 Å². The fourth-order valence-corrected chi connectivity index (χ4v) is 4.07. The minimum atomic E-state index is -0.334.